The number of aromatic carboxylic acids is 1. The van der Waals surface area contributed by atoms with E-state index in [0.29, 0.717) is 11.1 Å². The third-order valence-corrected chi connectivity index (χ3v) is 6.76. The smallest absolute Gasteiger partial charge is 0.409 e. The Morgan fingerprint density at radius 2 is 1.56 bits per heavy atom. The molecule has 0 saturated carbocycles. The molecule has 13 heteroatoms. The lowest BCUT2D eigenvalue weighted by Gasteiger charge is -2.35. The van der Waals surface area contributed by atoms with Gasteiger partial charge in [-0.1, -0.05) is 42.5 Å². The van der Waals surface area contributed by atoms with Crippen molar-refractivity contribution >= 4 is 29.8 Å². The van der Waals surface area contributed by atoms with Gasteiger partial charge in [-0.25, -0.2) is 19.6 Å². The number of nitrogens with zero attached hydrogens (tertiary/aromatic N) is 4. The van der Waals surface area contributed by atoms with Crippen LogP contribution < -0.4 is 5.32 Å². The summed E-state index contributed by atoms with van der Waals surface area (Å²) in [5.41, 5.74) is 1.26. The van der Waals surface area contributed by atoms with Crippen LogP contribution in [0.15, 0.2) is 60.7 Å². The van der Waals surface area contributed by atoms with E-state index >= 15 is 0 Å². The minimum Gasteiger partial charge on any atom is -0.481 e. The summed E-state index contributed by atoms with van der Waals surface area (Å²) < 4.78 is 5.01. The molecule has 1 aliphatic rings. The van der Waals surface area contributed by atoms with Crippen LogP contribution >= 0.6 is 0 Å². The number of carbonyl (C=O) groups is 5. The summed E-state index contributed by atoms with van der Waals surface area (Å²) in [5.74, 6) is -3.27. The topological polar surface area (TPSA) is 179 Å². The molecular formula is C30H31N5O8. The third kappa shape index (κ3) is 7.91. The maximum Gasteiger partial charge on any atom is 0.409 e. The molecule has 224 valence electrons. The molecule has 0 unspecified atom stereocenters. The molecule has 4 rings (SSSR count). The number of aliphatic carboxylic acids is 1. The normalized spacial score (nSPS) is 13.6. The number of nitrogens with one attached hydrogen (secondary N) is 1. The van der Waals surface area contributed by atoms with Gasteiger partial charge in [-0.3, -0.25) is 14.4 Å². The zero-order valence-electron chi connectivity index (χ0n) is 23.4. The number of benzene rings is 2. The van der Waals surface area contributed by atoms with E-state index in [9.17, 15) is 34.2 Å². The Morgan fingerprint density at radius 1 is 0.884 bits per heavy atom. The fourth-order valence-corrected chi connectivity index (χ4v) is 4.54. The minimum absolute atomic E-state index is 0.0331. The average molecular weight is 590 g/mol. The Morgan fingerprint density at radius 3 is 2.21 bits per heavy atom. The molecule has 43 heavy (non-hydrogen) atoms. The van der Waals surface area contributed by atoms with Crippen LogP contribution in [0.25, 0.3) is 22.6 Å². The van der Waals surface area contributed by atoms with Gasteiger partial charge in [-0.05, 0) is 31.5 Å². The average Bonchev–Trinajstić information content (AvgIpc) is 3.03. The van der Waals surface area contributed by atoms with Gasteiger partial charge in [0.15, 0.2) is 5.82 Å². The predicted octanol–water partition coefficient (Wildman–Crippen LogP) is 2.77. The number of amides is 3. The summed E-state index contributed by atoms with van der Waals surface area (Å²) in [4.78, 5) is 73.9. The minimum atomic E-state index is -1.17. The van der Waals surface area contributed by atoms with Crippen molar-refractivity contribution in [3.05, 3.63) is 71.9 Å². The maximum absolute atomic E-state index is 13.6. The van der Waals surface area contributed by atoms with Gasteiger partial charge in [0.2, 0.25) is 5.91 Å². The predicted molar refractivity (Wildman–Crippen MR) is 153 cm³/mol. The third-order valence-electron chi connectivity index (χ3n) is 6.76. The van der Waals surface area contributed by atoms with E-state index in [-0.39, 0.29) is 68.4 Å². The van der Waals surface area contributed by atoms with Crippen LogP contribution in [0.4, 0.5) is 4.79 Å². The Labute approximate surface area is 247 Å². The lowest BCUT2D eigenvalue weighted by Crippen LogP contribution is -2.56. The van der Waals surface area contributed by atoms with E-state index in [1.807, 2.05) is 6.07 Å². The van der Waals surface area contributed by atoms with Crippen molar-refractivity contribution in [2.45, 2.75) is 25.8 Å². The van der Waals surface area contributed by atoms with Crippen molar-refractivity contribution in [2.75, 3.05) is 32.8 Å². The van der Waals surface area contributed by atoms with Crippen LogP contribution in [-0.2, 0) is 14.3 Å². The SMILES string of the molecule is CCOC(=O)N1CCN(C(=O)[C@H](CCC(=O)O)NC(=O)c2cc(-c3cccc(C(=O)O)c3)nc(-c3ccccc3)n2)CC1. The number of carbonyl (C=O) groups excluding carboxylic acids is 3. The fraction of sp³-hybridized carbons (Fsp3) is 0.300. The van der Waals surface area contributed by atoms with Gasteiger partial charge in [0.05, 0.1) is 17.9 Å². The number of rotatable bonds is 10. The molecule has 3 amide bonds. The van der Waals surface area contributed by atoms with Gasteiger partial charge in [0, 0.05) is 43.7 Å². The highest BCUT2D eigenvalue weighted by Gasteiger charge is 2.31. The molecule has 1 atom stereocenters. The molecule has 2 heterocycles. The van der Waals surface area contributed by atoms with Crippen molar-refractivity contribution in [1.82, 2.24) is 25.1 Å². The highest BCUT2D eigenvalue weighted by Crippen LogP contribution is 2.24. The summed E-state index contributed by atoms with van der Waals surface area (Å²) in [6.07, 6.45) is -1.01. The molecule has 1 fully saturated rings. The number of aromatic nitrogens is 2. The standard InChI is InChI=1S/C30H31N5O8/c1-2-43-30(42)35-15-13-34(14-16-35)28(39)22(11-12-25(36)37)33-27(38)24-18-23(20-9-6-10-21(17-20)29(40)41)31-26(32-24)19-7-4-3-5-8-19/h3-10,17-18,22H,2,11-16H2,1H3,(H,33,38)(H,36,37)(H,40,41)/t22-/m0/s1. The zero-order valence-corrected chi connectivity index (χ0v) is 23.4. The summed E-state index contributed by atoms with van der Waals surface area (Å²) in [6.45, 7) is 2.76. The second-order valence-corrected chi connectivity index (χ2v) is 9.68. The van der Waals surface area contributed by atoms with Gasteiger partial charge >= 0.3 is 18.0 Å². The Balaban J connectivity index is 1.62. The molecule has 1 saturated heterocycles. The van der Waals surface area contributed by atoms with E-state index in [1.165, 1.54) is 28.0 Å². The Kier molecular flexibility index (Phi) is 9.99. The first-order chi connectivity index (χ1) is 20.7. The van der Waals surface area contributed by atoms with E-state index < -0.39 is 35.9 Å². The van der Waals surface area contributed by atoms with Crippen LogP contribution in [0.1, 0.15) is 40.6 Å². The van der Waals surface area contributed by atoms with Gasteiger partial charge in [-0.15, -0.1) is 0 Å². The van der Waals surface area contributed by atoms with Crippen molar-refractivity contribution in [3.63, 3.8) is 0 Å². The Hall–Kier alpha value is -5.33. The number of hydrogen-bond donors (Lipinski definition) is 3. The molecule has 0 aliphatic carbocycles. The Bertz CT molecular complexity index is 1510. The summed E-state index contributed by atoms with van der Waals surface area (Å²) in [6, 6.07) is 15.2. The van der Waals surface area contributed by atoms with Crippen molar-refractivity contribution < 1.29 is 38.9 Å². The lowest BCUT2D eigenvalue weighted by molar-refractivity contribution is -0.138. The molecule has 2 aromatic carbocycles. The van der Waals surface area contributed by atoms with Gasteiger partial charge in [0.25, 0.3) is 5.91 Å². The molecule has 0 bridgehead atoms. The molecule has 1 aromatic heterocycles. The van der Waals surface area contributed by atoms with Gasteiger partial charge in [0.1, 0.15) is 11.7 Å². The molecule has 13 nitrogen and oxygen atoms in total. The van der Waals surface area contributed by atoms with Crippen molar-refractivity contribution in [3.8, 4) is 22.6 Å². The molecular weight excluding hydrogens is 558 g/mol. The summed E-state index contributed by atoms with van der Waals surface area (Å²) >= 11 is 0. The van der Waals surface area contributed by atoms with Crippen LogP contribution in [0, 0.1) is 0 Å². The molecule has 0 spiro atoms. The molecule has 0 radical (unpaired) electrons. The molecule has 3 aromatic rings. The van der Waals surface area contributed by atoms with E-state index in [4.69, 9.17) is 4.74 Å². The largest absolute Gasteiger partial charge is 0.481 e. The molecule has 3 N–H and O–H groups in total. The van der Waals surface area contributed by atoms with E-state index in [1.54, 1.807) is 43.3 Å². The van der Waals surface area contributed by atoms with Crippen molar-refractivity contribution in [1.29, 1.82) is 0 Å². The number of carboxylic acids is 2. The highest BCUT2D eigenvalue weighted by molar-refractivity contribution is 5.97. The monoisotopic (exact) mass is 589 g/mol. The van der Waals surface area contributed by atoms with E-state index in [2.05, 4.69) is 15.3 Å². The first-order valence-electron chi connectivity index (χ1n) is 13.7. The first kappa shape index (κ1) is 30.6. The number of hydrogen-bond acceptors (Lipinski definition) is 8. The maximum atomic E-state index is 13.6. The fourth-order valence-electron chi connectivity index (χ4n) is 4.54. The van der Waals surface area contributed by atoms with Crippen LogP contribution in [-0.4, -0.2) is 98.7 Å². The molecule has 1 aliphatic heterocycles. The van der Waals surface area contributed by atoms with Gasteiger partial charge < -0.3 is 30.1 Å². The van der Waals surface area contributed by atoms with Crippen molar-refractivity contribution in [2.24, 2.45) is 0 Å². The lowest BCUT2D eigenvalue weighted by atomic mass is 10.1. The van der Waals surface area contributed by atoms with Gasteiger partial charge in [-0.2, -0.15) is 0 Å². The van der Waals surface area contributed by atoms with E-state index in [0.717, 1.165) is 0 Å². The summed E-state index contributed by atoms with van der Waals surface area (Å²) in [5, 5.41) is 21.4. The summed E-state index contributed by atoms with van der Waals surface area (Å²) in [7, 11) is 0. The number of carboxylic acid groups (broad SMARTS) is 2. The van der Waals surface area contributed by atoms with Crippen LogP contribution in [0.3, 0.4) is 0 Å². The first-order valence-corrected chi connectivity index (χ1v) is 13.7. The number of piperazine rings is 1. The quantitative estimate of drug-likeness (QED) is 0.318. The number of ether oxygens (including phenoxy) is 1. The van der Waals surface area contributed by atoms with Crippen LogP contribution in [0.5, 0.6) is 0 Å². The van der Waals surface area contributed by atoms with Crippen LogP contribution in [0.2, 0.25) is 0 Å². The second kappa shape index (κ2) is 14.0. The zero-order chi connectivity index (χ0) is 30.9. The highest BCUT2D eigenvalue weighted by atomic mass is 16.6. The second-order valence-electron chi connectivity index (χ2n) is 9.68.